The summed E-state index contributed by atoms with van der Waals surface area (Å²) in [5, 5.41) is 12.2. The molecule has 0 radical (unpaired) electrons. The van der Waals surface area contributed by atoms with Crippen molar-refractivity contribution in [3.05, 3.63) is 0 Å². The van der Waals surface area contributed by atoms with E-state index < -0.39 is 11.5 Å². The van der Waals surface area contributed by atoms with Gasteiger partial charge in [0.15, 0.2) is 0 Å². The summed E-state index contributed by atoms with van der Waals surface area (Å²) in [6, 6.07) is -0.229. The summed E-state index contributed by atoms with van der Waals surface area (Å²) in [5.41, 5.74) is -0.991. The number of amides is 2. The van der Waals surface area contributed by atoms with Gasteiger partial charge in [-0.1, -0.05) is 26.7 Å². The minimum absolute atomic E-state index is 0.229. The summed E-state index contributed by atoms with van der Waals surface area (Å²) in [7, 11) is 0. The zero-order valence-electron chi connectivity index (χ0n) is 11.4. The van der Waals surface area contributed by atoms with Crippen molar-refractivity contribution >= 4 is 12.0 Å². The summed E-state index contributed by atoms with van der Waals surface area (Å²) < 4.78 is 0. The molecule has 1 aliphatic heterocycles. The number of rotatable bonds is 6. The number of nitrogens with one attached hydrogen (secondary N) is 1. The molecule has 0 aromatic carbocycles. The fraction of sp³-hybridized carbons (Fsp3) is 0.846. The van der Waals surface area contributed by atoms with E-state index in [9.17, 15) is 14.7 Å². The highest BCUT2D eigenvalue weighted by atomic mass is 16.4. The van der Waals surface area contributed by atoms with Gasteiger partial charge in [-0.2, -0.15) is 0 Å². The molecular formula is C13H24N2O3. The largest absolute Gasteiger partial charge is 0.479 e. The smallest absolute Gasteiger partial charge is 0.329 e. The van der Waals surface area contributed by atoms with Crippen LogP contribution < -0.4 is 5.32 Å². The molecule has 2 N–H and O–H groups in total. The normalized spacial score (nSPS) is 23.1. The van der Waals surface area contributed by atoms with E-state index in [2.05, 4.69) is 12.2 Å². The molecule has 2 amide bonds. The van der Waals surface area contributed by atoms with Gasteiger partial charge in [0.1, 0.15) is 5.54 Å². The number of carbonyl (C=O) groups excluding carboxylic acids is 1. The highest BCUT2D eigenvalue weighted by molar-refractivity contribution is 5.87. The number of nitrogens with zero attached hydrogens (tertiary/aromatic N) is 1. The van der Waals surface area contributed by atoms with Crippen LogP contribution in [-0.2, 0) is 4.79 Å². The Morgan fingerprint density at radius 2 is 2.06 bits per heavy atom. The lowest BCUT2D eigenvalue weighted by Crippen LogP contribution is -2.55. The van der Waals surface area contributed by atoms with Gasteiger partial charge in [0.25, 0.3) is 0 Å². The quantitative estimate of drug-likeness (QED) is 0.716. The first kappa shape index (κ1) is 14.8. The van der Waals surface area contributed by atoms with E-state index in [1.807, 2.05) is 6.92 Å². The minimum Gasteiger partial charge on any atom is -0.479 e. The Balaban J connectivity index is 2.58. The number of carboxylic acids is 1. The molecule has 5 nitrogen and oxygen atoms in total. The molecule has 1 aliphatic rings. The highest BCUT2D eigenvalue weighted by Crippen LogP contribution is 2.32. The van der Waals surface area contributed by atoms with Gasteiger partial charge in [0.2, 0.25) is 0 Å². The Morgan fingerprint density at radius 1 is 1.33 bits per heavy atom. The van der Waals surface area contributed by atoms with E-state index in [1.54, 1.807) is 0 Å². The molecule has 0 bridgehead atoms. The maximum Gasteiger partial charge on any atom is 0.329 e. The van der Waals surface area contributed by atoms with Crippen molar-refractivity contribution in [2.75, 3.05) is 13.1 Å². The third kappa shape index (κ3) is 2.94. The first-order valence-electron chi connectivity index (χ1n) is 6.87. The van der Waals surface area contributed by atoms with Gasteiger partial charge in [-0.3, -0.25) is 0 Å². The van der Waals surface area contributed by atoms with Gasteiger partial charge in [0.05, 0.1) is 0 Å². The summed E-state index contributed by atoms with van der Waals surface area (Å²) in [6.07, 6.45) is 4.92. The second-order valence-electron chi connectivity index (χ2n) is 4.88. The zero-order valence-corrected chi connectivity index (χ0v) is 11.4. The van der Waals surface area contributed by atoms with Crippen LogP contribution >= 0.6 is 0 Å². The number of carbonyl (C=O) groups is 2. The van der Waals surface area contributed by atoms with Crippen molar-refractivity contribution in [2.45, 2.75) is 57.9 Å². The lowest BCUT2D eigenvalue weighted by atomic mass is 9.93. The number of hydrogen-bond donors (Lipinski definition) is 2. The lowest BCUT2D eigenvalue weighted by Gasteiger charge is -2.33. The van der Waals surface area contributed by atoms with Gasteiger partial charge in [-0.25, -0.2) is 9.59 Å². The highest BCUT2D eigenvalue weighted by Gasteiger charge is 2.48. The Morgan fingerprint density at radius 3 is 2.61 bits per heavy atom. The minimum atomic E-state index is -0.991. The molecule has 0 saturated carbocycles. The molecular weight excluding hydrogens is 232 g/mol. The van der Waals surface area contributed by atoms with Crippen molar-refractivity contribution in [1.29, 1.82) is 0 Å². The van der Waals surface area contributed by atoms with Gasteiger partial charge >= 0.3 is 12.0 Å². The fourth-order valence-corrected chi connectivity index (χ4v) is 2.58. The summed E-state index contributed by atoms with van der Waals surface area (Å²) in [4.78, 5) is 25.0. The second kappa shape index (κ2) is 6.61. The molecule has 1 atom stereocenters. The molecule has 1 unspecified atom stereocenters. The van der Waals surface area contributed by atoms with E-state index in [0.29, 0.717) is 25.9 Å². The van der Waals surface area contributed by atoms with Crippen LogP contribution in [0, 0.1) is 0 Å². The molecule has 1 rings (SSSR count). The molecule has 18 heavy (non-hydrogen) atoms. The van der Waals surface area contributed by atoms with Gasteiger partial charge in [0, 0.05) is 13.1 Å². The van der Waals surface area contributed by atoms with Crippen molar-refractivity contribution in [2.24, 2.45) is 0 Å². The third-order valence-electron chi connectivity index (χ3n) is 3.77. The average Bonchev–Trinajstić information content (AvgIpc) is 2.79. The first-order valence-corrected chi connectivity index (χ1v) is 6.87. The van der Waals surface area contributed by atoms with Crippen LogP contribution in [0.3, 0.4) is 0 Å². The predicted molar refractivity (Wildman–Crippen MR) is 69.5 cm³/mol. The number of aliphatic carboxylic acids is 1. The molecule has 1 fully saturated rings. The van der Waals surface area contributed by atoms with Crippen LogP contribution in [0.5, 0.6) is 0 Å². The summed E-state index contributed by atoms with van der Waals surface area (Å²) in [5.74, 6) is -0.883. The molecule has 0 aromatic heterocycles. The van der Waals surface area contributed by atoms with E-state index in [-0.39, 0.29) is 6.03 Å². The van der Waals surface area contributed by atoms with Crippen LogP contribution in [0.4, 0.5) is 4.79 Å². The van der Waals surface area contributed by atoms with Crippen molar-refractivity contribution in [3.8, 4) is 0 Å². The van der Waals surface area contributed by atoms with Crippen LogP contribution in [0.1, 0.15) is 52.4 Å². The van der Waals surface area contributed by atoms with Crippen molar-refractivity contribution in [1.82, 2.24) is 10.2 Å². The van der Waals surface area contributed by atoms with Crippen LogP contribution in [0.15, 0.2) is 0 Å². The van der Waals surface area contributed by atoms with Gasteiger partial charge in [-0.05, 0) is 25.7 Å². The second-order valence-corrected chi connectivity index (χ2v) is 4.88. The van der Waals surface area contributed by atoms with Crippen molar-refractivity contribution in [3.63, 3.8) is 0 Å². The van der Waals surface area contributed by atoms with E-state index >= 15 is 0 Å². The molecule has 0 spiro atoms. The molecule has 0 aromatic rings. The van der Waals surface area contributed by atoms with E-state index in [0.717, 1.165) is 25.7 Å². The summed E-state index contributed by atoms with van der Waals surface area (Å²) in [6.45, 7) is 5.11. The molecule has 5 heteroatoms. The third-order valence-corrected chi connectivity index (χ3v) is 3.77. The molecule has 0 aliphatic carbocycles. The van der Waals surface area contributed by atoms with Gasteiger partial charge in [-0.15, -0.1) is 0 Å². The number of carboxylic acid groups (broad SMARTS) is 1. The van der Waals surface area contributed by atoms with Crippen molar-refractivity contribution < 1.29 is 14.7 Å². The summed E-state index contributed by atoms with van der Waals surface area (Å²) >= 11 is 0. The Bertz CT molecular complexity index is 307. The maximum absolute atomic E-state index is 12.0. The number of unbranched alkanes of at least 4 members (excludes halogenated alkanes) is 2. The van der Waals surface area contributed by atoms with Gasteiger partial charge < -0.3 is 15.3 Å². The van der Waals surface area contributed by atoms with Crippen LogP contribution in [0.25, 0.3) is 0 Å². The molecule has 1 saturated heterocycles. The average molecular weight is 256 g/mol. The standard InChI is InChI=1S/C13H24N2O3/c1-3-5-6-9-14-12(18)15-10-7-8-13(15,4-2)11(16)17/h3-10H2,1-2H3,(H,14,18)(H,16,17). The Hall–Kier alpha value is -1.26. The zero-order chi connectivity index (χ0) is 13.6. The van der Waals surface area contributed by atoms with E-state index in [4.69, 9.17) is 0 Å². The topological polar surface area (TPSA) is 69.6 Å². The molecule has 1 heterocycles. The van der Waals surface area contributed by atoms with Crippen LogP contribution in [0.2, 0.25) is 0 Å². The monoisotopic (exact) mass is 256 g/mol. The lowest BCUT2D eigenvalue weighted by molar-refractivity contribution is -0.148. The Kier molecular flexibility index (Phi) is 5.44. The Labute approximate surface area is 109 Å². The fourth-order valence-electron chi connectivity index (χ4n) is 2.58. The first-order chi connectivity index (χ1) is 8.58. The SMILES string of the molecule is CCCCCNC(=O)N1CCCC1(CC)C(=O)O. The maximum atomic E-state index is 12.0. The van der Waals surface area contributed by atoms with E-state index in [1.165, 1.54) is 4.90 Å². The van der Waals surface area contributed by atoms with Crippen LogP contribution in [-0.4, -0.2) is 40.6 Å². The number of likely N-dealkylation sites (tertiary alicyclic amines) is 1. The molecule has 104 valence electrons. The number of hydrogen-bond acceptors (Lipinski definition) is 2. The predicted octanol–water partition coefficient (Wildman–Crippen LogP) is 2.22. The number of urea groups is 1.